The van der Waals surface area contributed by atoms with Crippen molar-refractivity contribution in [3.8, 4) is 0 Å². The molecule has 12 heavy (non-hydrogen) atoms. The van der Waals surface area contributed by atoms with Crippen LogP contribution in [0.5, 0.6) is 0 Å². The standard InChI is InChI=1S/C11H19N/c1-6-9-12-11(4,5)10(7-2)8-3/h6-8,10,12H,1-3,9H2,4-5H3. The van der Waals surface area contributed by atoms with E-state index in [9.17, 15) is 0 Å². The molecule has 0 aliphatic heterocycles. The van der Waals surface area contributed by atoms with Gasteiger partial charge >= 0.3 is 0 Å². The van der Waals surface area contributed by atoms with Crippen LogP contribution in [-0.4, -0.2) is 12.1 Å². The van der Waals surface area contributed by atoms with E-state index in [2.05, 4.69) is 38.9 Å². The number of hydrogen-bond acceptors (Lipinski definition) is 1. The predicted molar refractivity (Wildman–Crippen MR) is 56.2 cm³/mol. The van der Waals surface area contributed by atoms with Crippen molar-refractivity contribution in [2.24, 2.45) is 5.92 Å². The van der Waals surface area contributed by atoms with E-state index < -0.39 is 0 Å². The van der Waals surface area contributed by atoms with E-state index in [1.54, 1.807) is 0 Å². The summed E-state index contributed by atoms with van der Waals surface area (Å²) in [6.45, 7) is 16.3. The van der Waals surface area contributed by atoms with Crippen molar-refractivity contribution < 1.29 is 0 Å². The van der Waals surface area contributed by atoms with Crippen LogP contribution in [0.2, 0.25) is 0 Å². The van der Waals surface area contributed by atoms with Gasteiger partial charge in [0.2, 0.25) is 0 Å². The first-order chi connectivity index (χ1) is 5.58. The molecular weight excluding hydrogens is 146 g/mol. The Kier molecular flexibility index (Phi) is 4.60. The van der Waals surface area contributed by atoms with Crippen LogP contribution in [0.25, 0.3) is 0 Å². The zero-order valence-electron chi connectivity index (χ0n) is 8.14. The Labute approximate surface area is 75.9 Å². The fourth-order valence-electron chi connectivity index (χ4n) is 1.14. The first-order valence-electron chi connectivity index (χ1n) is 4.19. The van der Waals surface area contributed by atoms with Crippen LogP contribution < -0.4 is 5.32 Å². The molecule has 0 saturated heterocycles. The van der Waals surface area contributed by atoms with Crippen molar-refractivity contribution in [2.75, 3.05) is 6.54 Å². The zero-order chi connectivity index (χ0) is 9.61. The van der Waals surface area contributed by atoms with Crippen LogP contribution >= 0.6 is 0 Å². The summed E-state index contributed by atoms with van der Waals surface area (Å²) in [7, 11) is 0. The highest BCUT2D eigenvalue weighted by Gasteiger charge is 2.22. The lowest BCUT2D eigenvalue weighted by Crippen LogP contribution is -2.44. The molecule has 0 aromatic carbocycles. The quantitative estimate of drug-likeness (QED) is 0.596. The SMILES string of the molecule is C=CCNC(C)(C)C(C=C)C=C. The molecule has 1 nitrogen and oxygen atoms in total. The summed E-state index contributed by atoms with van der Waals surface area (Å²) >= 11 is 0. The minimum atomic E-state index is 0.0116. The number of hydrogen-bond donors (Lipinski definition) is 1. The fourth-order valence-corrected chi connectivity index (χ4v) is 1.14. The maximum Gasteiger partial charge on any atom is 0.0225 e. The molecule has 0 aliphatic carbocycles. The van der Waals surface area contributed by atoms with E-state index in [0.29, 0.717) is 0 Å². The Morgan fingerprint density at radius 1 is 1.25 bits per heavy atom. The molecule has 0 aromatic rings. The second kappa shape index (κ2) is 4.94. The molecule has 0 atom stereocenters. The molecule has 68 valence electrons. The van der Waals surface area contributed by atoms with E-state index in [1.807, 2.05) is 18.2 Å². The molecule has 1 N–H and O–H groups in total. The van der Waals surface area contributed by atoms with Gasteiger partial charge in [0.25, 0.3) is 0 Å². The van der Waals surface area contributed by atoms with Crippen molar-refractivity contribution >= 4 is 0 Å². The molecule has 0 saturated carbocycles. The van der Waals surface area contributed by atoms with E-state index in [1.165, 1.54) is 0 Å². The largest absolute Gasteiger partial charge is 0.307 e. The van der Waals surface area contributed by atoms with Gasteiger partial charge in [0.15, 0.2) is 0 Å². The van der Waals surface area contributed by atoms with Crippen molar-refractivity contribution in [3.05, 3.63) is 38.0 Å². The number of rotatable bonds is 6. The van der Waals surface area contributed by atoms with Crippen LogP contribution in [0, 0.1) is 5.92 Å². The van der Waals surface area contributed by atoms with Crippen molar-refractivity contribution in [1.82, 2.24) is 5.32 Å². The van der Waals surface area contributed by atoms with Gasteiger partial charge in [0.1, 0.15) is 0 Å². The smallest absolute Gasteiger partial charge is 0.0225 e. The minimum Gasteiger partial charge on any atom is -0.307 e. The lowest BCUT2D eigenvalue weighted by molar-refractivity contribution is 0.352. The van der Waals surface area contributed by atoms with Crippen molar-refractivity contribution in [3.63, 3.8) is 0 Å². The highest BCUT2D eigenvalue weighted by molar-refractivity contribution is 5.05. The molecule has 0 bridgehead atoms. The second-order valence-electron chi connectivity index (χ2n) is 3.39. The average molecular weight is 165 g/mol. The van der Waals surface area contributed by atoms with E-state index >= 15 is 0 Å². The zero-order valence-corrected chi connectivity index (χ0v) is 8.14. The van der Waals surface area contributed by atoms with Gasteiger partial charge in [0, 0.05) is 18.0 Å². The predicted octanol–water partition coefficient (Wildman–Crippen LogP) is 2.53. The Bertz CT molecular complexity index is 160. The highest BCUT2D eigenvalue weighted by atomic mass is 15.0. The summed E-state index contributed by atoms with van der Waals surface area (Å²) in [6.07, 6.45) is 5.66. The van der Waals surface area contributed by atoms with Gasteiger partial charge in [-0.2, -0.15) is 0 Å². The average Bonchev–Trinajstić information content (AvgIpc) is 2.03. The van der Waals surface area contributed by atoms with Crippen LogP contribution in [0.3, 0.4) is 0 Å². The summed E-state index contributed by atoms with van der Waals surface area (Å²) < 4.78 is 0. The molecule has 0 rings (SSSR count). The third-order valence-electron chi connectivity index (χ3n) is 2.04. The van der Waals surface area contributed by atoms with E-state index in [4.69, 9.17) is 0 Å². The van der Waals surface area contributed by atoms with Gasteiger partial charge in [-0.25, -0.2) is 0 Å². The van der Waals surface area contributed by atoms with Crippen molar-refractivity contribution in [2.45, 2.75) is 19.4 Å². The lowest BCUT2D eigenvalue weighted by atomic mass is 9.87. The van der Waals surface area contributed by atoms with Crippen LogP contribution in [0.1, 0.15) is 13.8 Å². The first kappa shape index (κ1) is 11.2. The third-order valence-corrected chi connectivity index (χ3v) is 2.04. The second-order valence-corrected chi connectivity index (χ2v) is 3.39. The summed E-state index contributed by atoms with van der Waals surface area (Å²) in [6, 6.07) is 0. The Hall–Kier alpha value is -0.820. The Morgan fingerprint density at radius 2 is 1.75 bits per heavy atom. The molecule has 0 aromatic heterocycles. The Balaban J connectivity index is 4.22. The summed E-state index contributed by atoms with van der Waals surface area (Å²) in [5, 5.41) is 3.35. The van der Waals surface area contributed by atoms with Gasteiger partial charge < -0.3 is 5.32 Å². The van der Waals surface area contributed by atoms with Gasteiger partial charge in [-0.15, -0.1) is 19.7 Å². The molecule has 0 fully saturated rings. The summed E-state index contributed by atoms with van der Waals surface area (Å²) in [4.78, 5) is 0. The minimum absolute atomic E-state index is 0.0116. The van der Waals surface area contributed by atoms with E-state index in [-0.39, 0.29) is 11.5 Å². The van der Waals surface area contributed by atoms with Gasteiger partial charge in [-0.05, 0) is 13.8 Å². The monoisotopic (exact) mass is 165 g/mol. The van der Waals surface area contributed by atoms with Crippen LogP contribution in [0.4, 0.5) is 0 Å². The van der Waals surface area contributed by atoms with Crippen molar-refractivity contribution in [1.29, 1.82) is 0 Å². The van der Waals surface area contributed by atoms with Gasteiger partial charge in [0.05, 0.1) is 0 Å². The lowest BCUT2D eigenvalue weighted by Gasteiger charge is -2.31. The molecule has 0 aliphatic rings. The molecule has 0 radical (unpaired) electrons. The van der Waals surface area contributed by atoms with E-state index in [0.717, 1.165) is 6.54 Å². The highest BCUT2D eigenvalue weighted by Crippen LogP contribution is 2.18. The first-order valence-corrected chi connectivity index (χ1v) is 4.19. The van der Waals surface area contributed by atoms with Crippen LogP contribution in [0.15, 0.2) is 38.0 Å². The molecular formula is C11H19N. The molecule has 0 heterocycles. The van der Waals surface area contributed by atoms with Gasteiger partial charge in [-0.3, -0.25) is 0 Å². The van der Waals surface area contributed by atoms with Gasteiger partial charge in [-0.1, -0.05) is 18.2 Å². The molecule has 0 spiro atoms. The third kappa shape index (κ3) is 3.05. The molecule has 0 unspecified atom stereocenters. The summed E-state index contributed by atoms with van der Waals surface area (Å²) in [5.74, 6) is 0.289. The molecule has 0 amide bonds. The van der Waals surface area contributed by atoms with Crippen LogP contribution in [-0.2, 0) is 0 Å². The molecule has 1 heteroatoms. The number of nitrogens with one attached hydrogen (secondary N) is 1. The Morgan fingerprint density at radius 3 is 2.08 bits per heavy atom. The topological polar surface area (TPSA) is 12.0 Å². The maximum atomic E-state index is 3.77. The normalized spacial score (nSPS) is 11.2. The maximum absolute atomic E-state index is 3.77. The fraction of sp³-hybridized carbons (Fsp3) is 0.455. The summed E-state index contributed by atoms with van der Waals surface area (Å²) in [5.41, 5.74) is 0.0116.